The molecule has 0 aromatic heterocycles. The summed E-state index contributed by atoms with van der Waals surface area (Å²) in [7, 11) is 0. The van der Waals surface area contributed by atoms with Gasteiger partial charge in [-0.05, 0) is 50.0 Å². The zero-order valence-electron chi connectivity index (χ0n) is 14.8. The summed E-state index contributed by atoms with van der Waals surface area (Å²) in [5.41, 5.74) is 3.88. The Bertz CT molecular complexity index is 855. The number of anilines is 2. The molecule has 4 nitrogen and oxygen atoms in total. The molecule has 0 N–H and O–H groups in total. The lowest BCUT2D eigenvalue weighted by Crippen LogP contribution is -2.16. The Morgan fingerprint density at radius 2 is 1.00 bits per heavy atom. The van der Waals surface area contributed by atoms with Crippen molar-refractivity contribution in [1.82, 2.24) is 0 Å². The van der Waals surface area contributed by atoms with Crippen molar-refractivity contribution in [3.8, 4) is 36.1 Å². The van der Waals surface area contributed by atoms with Crippen LogP contribution in [0.25, 0.3) is 0 Å². The minimum atomic E-state index is 0.272. The summed E-state index contributed by atoms with van der Waals surface area (Å²) in [4.78, 5) is 3.00. The average Bonchev–Trinajstić information content (AvgIpc) is 2.66. The number of nitriles is 2. The Balaban J connectivity index is 1.93. The molecular formula is C22H18N4. The third-order valence-corrected chi connectivity index (χ3v) is 3.65. The van der Waals surface area contributed by atoms with Gasteiger partial charge in [0, 0.05) is 0 Å². The van der Waals surface area contributed by atoms with Gasteiger partial charge >= 0.3 is 0 Å². The minimum absolute atomic E-state index is 0.272. The van der Waals surface area contributed by atoms with Crippen LogP contribution in [0.5, 0.6) is 0 Å². The first-order chi connectivity index (χ1) is 12.6. The van der Waals surface area contributed by atoms with Crippen molar-refractivity contribution in [1.29, 1.82) is 10.5 Å². The molecule has 0 unspecified atom stereocenters. The van der Waals surface area contributed by atoms with E-state index in [0.717, 1.165) is 22.5 Å². The van der Waals surface area contributed by atoms with Gasteiger partial charge < -0.3 is 0 Å². The summed E-state index contributed by atoms with van der Waals surface area (Å²) in [6, 6.07) is 15.4. The largest absolute Gasteiger partial charge is 0.267 e. The standard InChI is InChI=1S/C22H18N4/c1-19-7-11-21(12-8-19)25(17-23)15-5-3-4-6-16-26(18-24)22-13-9-20(2)10-14-22/h7-14H,15-16H2,1-2H3. The Hall–Kier alpha value is -3.86. The molecule has 2 rings (SSSR count). The van der Waals surface area contributed by atoms with Crippen LogP contribution in [0.3, 0.4) is 0 Å². The van der Waals surface area contributed by atoms with Gasteiger partial charge in [0.2, 0.25) is 0 Å². The van der Waals surface area contributed by atoms with E-state index in [1.54, 1.807) is 0 Å². The fourth-order valence-electron chi connectivity index (χ4n) is 2.14. The molecule has 126 valence electrons. The van der Waals surface area contributed by atoms with E-state index in [4.69, 9.17) is 0 Å². The van der Waals surface area contributed by atoms with Crippen LogP contribution in [-0.4, -0.2) is 13.1 Å². The lowest BCUT2D eigenvalue weighted by molar-refractivity contribution is 1.12. The second kappa shape index (κ2) is 9.44. The first-order valence-electron chi connectivity index (χ1n) is 8.07. The van der Waals surface area contributed by atoms with Gasteiger partial charge in [0.05, 0.1) is 24.5 Å². The van der Waals surface area contributed by atoms with E-state index < -0.39 is 0 Å². The lowest BCUT2D eigenvalue weighted by Gasteiger charge is -2.12. The molecule has 4 heteroatoms. The summed E-state index contributed by atoms with van der Waals surface area (Å²) in [6.07, 6.45) is 4.23. The van der Waals surface area contributed by atoms with Gasteiger partial charge in [-0.2, -0.15) is 10.5 Å². The molecule has 0 aliphatic carbocycles. The highest BCUT2D eigenvalue weighted by molar-refractivity contribution is 5.54. The van der Waals surface area contributed by atoms with Crippen LogP contribution in [0.2, 0.25) is 0 Å². The highest BCUT2D eigenvalue weighted by Gasteiger charge is 2.03. The topological polar surface area (TPSA) is 54.1 Å². The molecule has 2 aromatic rings. The van der Waals surface area contributed by atoms with Gasteiger partial charge in [-0.3, -0.25) is 9.80 Å². The molecule has 26 heavy (non-hydrogen) atoms. The number of nitrogens with zero attached hydrogens (tertiary/aromatic N) is 4. The van der Waals surface area contributed by atoms with Crippen molar-refractivity contribution < 1.29 is 0 Å². The van der Waals surface area contributed by atoms with Gasteiger partial charge in [0.15, 0.2) is 12.4 Å². The van der Waals surface area contributed by atoms with Crippen molar-refractivity contribution in [2.24, 2.45) is 0 Å². The maximum atomic E-state index is 9.23. The van der Waals surface area contributed by atoms with Crippen LogP contribution >= 0.6 is 0 Å². The molecule has 0 atom stereocenters. The van der Waals surface area contributed by atoms with Crippen LogP contribution in [0.15, 0.2) is 48.5 Å². The maximum Gasteiger partial charge on any atom is 0.185 e. The maximum absolute atomic E-state index is 9.23. The monoisotopic (exact) mass is 338 g/mol. The van der Waals surface area contributed by atoms with Crippen molar-refractivity contribution in [2.75, 3.05) is 22.9 Å². The normalized spacial score (nSPS) is 8.77. The fraction of sp³-hybridized carbons (Fsp3) is 0.182. The first kappa shape index (κ1) is 18.5. The average molecular weight is 338 g/mol. The predicted octanol–water partition coefficient (Wildman–Crippen LogP) is 3.59. The summed E-state index contributed by atoms with van der Waals surface area (Å²) >= 11 is 0. The summed E-state index contributed by atoms with van der Waals surface area (Å²) in [5, 5.41) is 18.5. The van der Waals surface area contributed by atoms with Crippen LogP contribution in [-0.2, 0) is 0 Å². The number of rotatable bonds is 4. The van der Waals surface area contributed by atoms with Crippen molar-refractivity contribution in [3.63, 3.8) is 0 Å². The SMILES string of the molecule is Cc1ccc(N(C#N)CC#CC#CCN(C#N)c2ccc(C)cc2)cc1. The third kappa shape index (κ3) is 5.35. The zero-order valence-corrected chi connectivity index (χ0v) is 14.8. The zero-order chi connectivity index (χ0) is 18.8. The second-order valence-corrected chi connectivity index (χ2v) is 5.65. The van der Waals surface area contributed by atoms with E-state index in [9.17, 15) is 10.5 Å². The van der Waals surface area contributed by atoms with E-state index in [0.29, 0.717) is 0 Å². The predicted molar refractivity (Wildman–Crippen MR) is 104 cm³/mol. The Labute approximate surface area is 154 Å². The molecule has 2 aromatic carbocycles. The van der Waals surface area contributed by atoms with Crippen LogP contribution in [0.1, 0.15) is 11.1 Å². The Kier molecular flexibility index (Phi) is 6.71. The van der Waals surface area contributed by atoms with Gasteiger partial charge in [0.1, 0.15) is 0 Å². The molecule has 0 saturated heterocycles. The molecule has 0 saturated carbocycles. The van der Waals surface area contributed by atoms with Crippen LogP contribution in [0, 0.1) is 60.4 Å². The number of benzene rings is 2. The van der Waals surface area contributed by atoms with E-state index in [1.165, 1.54) is 9.80 Å². The van der Waals surface area contributed by atoms with Gasteiger partial charge in [-0.1, -0.05) is 47.2 Å². The first-order valence-corrected chi connectivity index (χ1v) is 8.07. The smallest absolute Gasteiger partial charge is 0.185 e. The summed E-state index contributed by atoms with van der Waals surface area (Å²) in [6.45, 7) is 4.54. The molecule has 0 aliphatic heterocycles. The molecule has 0 heterocycles. The van der Waals surface area contributed by atoms with Gasteiger partial charge in [-0.25, -0.2) is 0 Å². The highest BCUT2D eigenvalue weighted by Crippen LogP contribution is 2.14. The molecular weight excluding hydrogens is 320 g/mol. The number of hydrogen-bond donors (Lipinski definition) is 0. The van der Waals surface area contributed by atoms with Gasteiger partial charge in [-0.15, -0.1) is 0 Å². The molecule has 0 bridgehead atoms. The summed E-state index contributed by atoms with van der Waals surface area (Å²) in [5.74, 6) is 11.2. The molecule has 0 spiro atoms. The fourth-order valence-corrected chi connectivity index (χ4v) is 2.14. The number of hydrogen-bond acceptors (Lipinski definition) is 4. The number of aryl methyl sites for hydroxylation is 2. The van der Waals surface area contributed by atoms with Crippen molar-refractivity contribution in [2.45, 2.75) is 13.8 Å². The third-order valence-electron chi connectivity index (χ3n) is 3.65. The molecule has 0 fully saturated rings. The molecule has 0 radical (unpaired) electrons. The second-order valence-electron chi connectivity index (χ2n) is 5.65. The Morgan fingerprint density at radius 1 is 0.654 bits per heavy atom. The summed E-state index contributed by atoms with van der Waals surface area (Å²) < 4.78 is 0. The van der Waals surface area contributed by atoms with Crippen molar-refractivity contribution in [3.05, 3.63) is 59.7 Å². The van der Waals surface area contributed by atoms with E-state index in [2.05, 4.69) is 36.1 Å². The quantitative estimate of drug-likeness (QED) is 0.486. The Morgan fingerprint density at radius 3 is 1.31 bits per heavy atom. The highest BCUT2D eigenvalue weighted by atomic mass is 15.1. The van der Waals surface area contributed by atoms with E-state index in [-0.39, 0.29) is 13.1 Å². The van der Waals surface area contributed by atoms with E-state index >= 15 is 0 Å². The molecule has 0 aliphatic rings. The van der Waals surface area contributed by atoms with Crippen molar-refractivity contribution >= 4 is 11.4 Å². The van der Waals surface area contributed by atoms with E-state index in [1.807, 2.05) is 62.4 Å². The minimum Gasteiger partial charge on any atom is -0.267 e. The molecule has 0 amide bonds. The van der Waals surface area contributed by atoms with Crippen LogP contribution in [0.4, 0.5) is 11.4 Å². The lowest BCUT2D eigenvalue weighted by atomic mass is 10.2. The van der Waals surface area contributed by atoms with Gasteiger partial charge in [0.25, 0.3) is 0 Å². The van der Waals surface area contributed by atoms with Crippen LogP contribution < -0.4 is 9.80 Å².